The maximum absolute atomic E-state index is 12.1. The summed E-state index contributed by atoms with van der Waals surface area (Å²) in [6.07, 6.45) is -10.9. The summed E-state index contributed by atoms with van der Waals surface area (Å²) in [6, 6.07) is 23.5. The number of hydrogen-bond acceptors (Lipinski definition) is 4. The van der Waals surface area contributed by atoms with Crippen molar-refractivity contribution in [1.82, 2.24) is 0 Å². The van der Waals surface area contributed by atoms with Crippen molar-refractivity contribution >= 4 is 44.7 Å². The van der Waals surface area contributed by atoms with E-state index in [1.54, 1.807) is 36.4 Å². The molecule has 4 nitrogen and oxygen atoms in total. The van der Waals surface area contributed by atoms with Gasteiger partial charge in [0.15, 0.2) is 5.78 Å². The number of aliphatic hydroxyl groups is 1. The molecule has 0 unspecified atom stereocenters. The molecule has 0 amide bonds. The highest BCUT2D eigenvalue weighted by Crippen LogP contribution is 2.23. The summed E-state index contributed by atoms with van der Waals surface area (Å²) in [5.41, 5.74) is 0.271. The van der Waals surface area contributed by atoms with Gasteiger partial charge < -0.3 is 5.11 Å². The van der Waals surface area contributed by atoms with Crippen LogP contribution in [-0.2, 0) is 9.59 Å². The minimum atomic E-state index is -4.98. The van der Waals surface area contributed by atoms with Gasteiger partial charge in [-0.15, -0.1) is 0 Å². The van der Waals surface area contributed by atoms with Gasteiger partial charge in [-0.1, -0.05) is 72.8 Å². The predicted molar refractivity (Wildman–Crippen MR) is 130 cm³/mol. The lowest BCUT2D eigenvalue weighted by Gasteiger charge is -2.05. The zero-order valence-electron chi connectivity index (χ0n) is 19.3. The van der Waals surface area contributed by atoms with Crippen molar-refractivity contribution in [3.63, 3.8) is 0 Å². The van der Waals surface area contributed by atoms with Gasteiger partial charge in [-0.05, 0) is 33.7 Å². The van der Waals surface area contributed by atoms with Crippen LogP contribution in [0.3, 0.4) is 0 Å². The van der Waals surface area contributed by atoms with E-state index < -0.39 is 41.9 Å². The van der Waals surface area contributed by atoms with E-state index in [1.807, 2.05) is 24.3 Å². The Hall–Kier alpha value is -4.47. The van der Waals surface area contributed by atoms with Crippen LogP contribution in [0, 0.1) is 0 Å². The molecule has 0 aliphatic heterocycles. The molecule has 0 bridgehead atoms. The molecule has 0 heterocycles. The summed E-state index contributed by atoms with van der Waals surface area (Å²) in [4.78, 5) is 33.1. The van der Waals surface area contributed by atoms with E-state index in [0.29, 0.717) is 0 Å². The molecule has 0 fully saturated rings. The van der Waals surface area contributed by atoms with Gasteiger partial charge in [-0.25, -0.2) is 0 Å². The van der Waals surface area contributed by atoms with E-state index in [0.717, 1.165) is 21.5 Å². The van der Waals surface area contributed by atoms with Crippen LogP contribution in [0.15, 0.2) is 91.0 Å². The van der Waals surface area contributed by atoms with Crippen LogP contribution < -0.4 is 0 Å². The van der Waals surface area contributed by atoms with Crippen molar-refractivity contribution in [2.24, 2.45) is 0 Å². The van der Waals surface area contributed by atoms with Crippen LogP contribution in [0.5, 0.6) is 0 Å². The molecule has 0 aliphatic carbocycles. The lowest BCUT2D eigenvalue weighted by Crippen LogP contribution is -2.25. The van der Waals surface area contributed by atoms with Crippen LogP contribution in [0.25, 0.3) is 27.3 Å². The lowest BCUT2D eigenvalue weighted by molar-refractivity contribution is -0.170. The van der Waals surface area contributed by atoms with E-state index in [2.05, 4.69) is 0 Å². The third kappa shape index (κ3) is 7.28. The highest BCUT2D eigenvalue weighted by atomic mass is 19.4. The third-order valence-corrected chi connectivity index (χ3v) is 5.30. The van der Waals surface area contributed by atoms with E-state index in [1.165, 1.54) is 24.3 Å². The average Bonchev–Trinajstić information content (AvgIpc) is 2.87. The second kappa shape index (κ2) is 11.3. The normalized spacial score (nSPS) is 12.1. The molecule has 4 aromatic rings. The quantitative estimate of drug-likeness (QED) is 0.0955. The number of carbonyl (C=O) groups is 3. The molecule has 4 aromatic carbocycles. The SMILES string of the molecule is O=C(C=C(O)c1ccc2ccccc2c1)C(F)(F)F.O=C(CC(=O)C(F)(F)F)c1ccc2ccccc2c1. The average molecular weight is 532 g/mol. The number of rotatable bonds is 5. The van der Waals surface area contributed by atoms with E-state index >= 15 is 0 Å². The first-order valence-corrected chi connectivity index (χ1v) is 10.9. The second-order valence-electron chi connectivity index (χ2n) is 8.04. The van der Waals surface area contributed by atoms with Crippen molar-refractivity contribution in [2.45, 2.75) is 18.8 Å². The van der Waals surface area contributed by atoms with Crippen molar-refractivity contribution in [3.05, 3.63) is 102 Å². The number of carbonyl (C=O) groups excluding carboxylic acids is 3. The molecule has 0 spiro atoms. The van der Waals surface area contributed by atoms with Crippen LogP contribution in [-0.4, -0.2) is 34.8 Å². The standard InChI is InChI=1S/2C14H9F3O2/c2*15-14(16,17)13(19)8-12(18)11-6-5-9-3-1-2-4-10(9)7-11/h1-7H,8H2;1-8,18H. The van der Waals surface area contributed by atoms with Gasteiger partial charge in [0.2, 0.25) is 5.78 Å². The fourth-order valence-electron chi connectivity index (χ4n) is 3.35. The van der Waals surface area contributed by atoms with E-state index in [-0.39, 0.29) is 17.2 Å². The Morgan fingerprint density at radius 3 is 1.55 bits per heavy atom. The molecule has 196 valence electrons. The molecule has 38 heavy (non-hydrogen) atoms. The number of ketones is 3. The molecule has 0 radical (unpaired) electrons. The first kappa shape index (κ1) is 28.1. The van der Waals surface area contributed by atoms with Crippen LogP contribution in [0.4, 0.5) is 26.3 Å². The Kier molecular flexibility index (Phi) is 8.35. The van der Waals surface area contributed by atoms with Crippen molar-refractivity contribution in [3.8, 4) is 0 Å². The fourth-order valence-corrected chi connectivity index (χ4v) is 3.35. The minimum absolute atomic E-state index is 0.108. The Morgan fingerprint density at radius 2 is 1.08 bits per heavy atom. The van der Waals surface area contributed by atoms with Gasteiger partial charge in [-0.3, -0.25) is 14.4 Å². The number of hydrogen-bond donors (Lipinski definition) is 1. The van der Waals surface area contributed by atoms with Gasteiger partial charge in [-0.2, -0.15) is 26.3 Å². The molecule has 1 N–H and O–H groups in total. The lowest BCUT2D eigenvalue weighted by atomic mass is 10.0. The maximum Gasteiger partial charge on any atom is 0.454 e. The number of aliphatic hydroxyl groups excluding tert-OH is 1. The van der Waals surface area contributed by atoms with Crippen molar-refractivity contribution < 1.29 is 45.8 Å². The van der Waals surface area contributed by atoms with Gasteiger partial charge in [0.1, 0.15) is 5.76 Å². The number of Topliss-reactive ketones (excluding diaryl/α,β-unsaturated/α-hetero) is 2. The molecule has 0 saturated heterocycles. The molecular formula is C28H18F6O4. The largest absolute Gasteiger partial charge is 0.507 e. The van der Waals surface area contributed by atoms with Crippen LogP contribution >= 0.6 is 0 Å². The molecule has 0 atom stereocenters. The molecule has 0 aromatic heterocycles. The Bertz CT molecular complexity index is 1530. The minimum Gasteiger partial charge on any atom is -0.507 e. The van der Waals surface area contributed by atoms with E-state index in [4.69, 9.17) is 0 Å². The van der Waals surface area contributed by atoms with Crippen molar-refractivity contribution in [2.75, 3.05) is 0 Å². The maximum atomic E-state index is 12.1. The molecule has 0 saturated carbocycles. The molecular weight excluding hydrogens is 514 g/mol. The van der Waals surface area contributed by atoms with Crippen molar-refractivity contribution in [1.29, 1.82) is 0 Å². The molecule has 10 heteroatoms. The Labute approximate surface area is 211 Å². The number of allylic oxidation sites excluding steroid dienone is 1. The number of benzene rings is 4. The van der Waals surface area contributed by atoms with Crippen LogP contribution in [0.1, 0.15) is 22.3 Å². The summed E-state index contributed by atoms with van der Waals surface area (Å²) in [5.74, 6) is -5.63. The van der Waals surface area contributed by atoms with E-state index in [9.17, 15) is 45.8 Å². The fraction of sp³-hybridized carbons (Fsp3) is 0.107. The Balaban J connectivity index is 0.000000211. The third-order valence-electron chi connectivity index (χ3n) is 5.30. The first-order valence-electron chi connectivity index (χ1n) is 10.9. The highest BCUT2D eigenvalue weighted by molar-refractivity contribution is 6.10. The zero-order chi connectivity index (χ0) is 28.1. The number of fused-ring (bicyclic) bond motifs is 2. The highest BCUT2D eigenvalue weighted by Gasteiger charge is 2.39. The molecule has 4 rings (SSSR count). The summed E-state index contributed by atoms with van der Waals surface area (Å²) in [7, 11) is 0. The zero-order valence-corrected chi connectivity index (χ0v) is 19.3. The summed E-state index contributed by atoms with van der Waals surface area (Å²) in [6.45, 7) is 0. The predicted octanol–water partition coefficient (Wildman–Crippen LogP) is 7.41. The summed E-state index contributed by atoms with van der Waals surface area (Å²) < 4.78 is 72.4. The van der Waals surface area contributed by atoms with Gasteiger partial charge >= 0.3 is 12.4 Å². The number of halogens is 6. The topological polar surface area (TPSA) is 71.4 Å². The first-order chi connectivity index (χ1) is 17.8. The van der Waals surface area contributed by atoms with Gasteiger partial charge in [0.05, 0.1) is 6.42 Å². The second-order valence-corrected chi connectivity index (χ2v) is 8.04. The monoisotopic (exact) mass is 532 g/mol. The summed E-state index contributed by atoms with van der Waals surface area (Å²) >= 11 is 0. The Morgan fingerprint density at radius 1 is 0.632 bits per heavy atom. The van der Waals surface area contributed by atoms with Gasteiger partial charge in [0.25, 0.3) is 5.78 Å². The summed E-state index contributed by atoms with van der Waals surface area (Å²) in [5, 5.41) is 12.8. The smallest absolute Gasteiger partial charge is 0.454 e. The number of alkyl halides is 6. The van der Waals surface area contributed by atoms with Gasteiger partial charge in [0, 0.05) is 17.2 Å². The van der Waals surface area contributed by atoms with Crippen LogP contribution in [0.2, 0.25) is 0 Å². The molecule has 0 aliphatic rings.